The van der Waals surface area contributed by atoms with Crippen LogP contribution in [0.3, 0.4) is 0 Å². The van der Waals surface area contributed by atoms with Crippen LogP contribution in [-0.2, 0) is 0 Å². The van der Waals surface area contributed by atoms with Gasteiger partial charge >= 0.3 is 5.97 Å². The van der Waals surface area contributed by atoms with Gasteiger partial charge in [0.25, 0.3) is 0 Å². The molecule has 0 heterocycles. The minimum Gasteiger partial charge on any atom is -0.478 e. The first-order chi connectivity index (χ1) is 11.6. The van der Waals surface area contributed by atoms with Crippen LogP contribution < -0.4 is 0 Å². The van der Waals surface area contributed by atoms with Crippen molar-refractivity contribution >= 4 is 17.3 Å². The Balaban J connectivity index is 2.01. The third-order valence-electron chi connectivity index (χ3n) is 3.70. The minimum atomic E-state index is -0.929. The fourth-order valence-electron chi connectivity index (χ4n) is 2.49. The van der Waals surface area contributed by atoms with Gasteiger partial charge in [0.1, 0.15) is 0 Å². The van der Waals surface area contributed by atoms with Gasteiger partial charge in [0, 0.05) is 5.56 Å². The number of benzene rings is 3. The summed E-state index contributed by atoms with van der Waals surface area (Å²) in [5.41, 5.74) is 4.56. The number of nitrogens with zero attached hydrogens (tertiary/aromatic N) is 2. The van der Waals surface area contributed by atoms with Crippen LogP contribution in [0.4, 0.5) is 11.4 Å². The normalized spacial score (nSPS) is 10.9. The van der Waals surface area contributed by atoms with E-state index >= 15 is 0 Å². The molecule has 0 saturated carbocycles. The maximum absolute atomic E-state index is 11.1. The van der Waals surface area contributed by atoms with Crippen molar-refractivity contribution in [1.82, 2.24) is 0 Å². The van der Waals surface area contributed by atoms with Crippen molar-refractivity contribution in [2.24, 2.45) is 10.2 Å². The smallest absolute Gasteiger partial charge is 0.335 e. The average Bonchev–Trinajstić information content (AvgIpc) is 2.61. The van der Waals surface area contributed by atoms with Crippen LogP contribution in [0.15, 0.2) is 83.0 Å². The van der Waals surface area contributed by atoms with E-state index in [1.807, 2.05) is 67.6 Å². The number of hydrogen-bond acceptors (Lipinski definition) is 3. The van der Waals surface area contributed by atoms with Crippen LogP contribution in [-0.4, -0.2) is 11.1 Å². The van der Waals surface area contributed by atoms with E-state index in [0.717, 1.165) is 28.1 Å². The number of carbonyl (C=O) groups is 1. The van der Waals surface area contributed by atoms with Gasteiger partial charge in [-0.25, -0.2) is 4.79 Å². The Hall–Kier alpha value is -3.27. The molecule has 0 fully saturated rings. The van der Waals surface area contributed by atoms with Gasteiger partial charge in [-0.3, -0.25) is 0 Å². The number of carboxylic acid groups (broad SMARTS) is 1. The number of azo groups is 1. The fourth-order valence-corrected chi connectivity index (χ4v) is 2.49. The molecule has 0 spiro atoms. The molecule has 3 aromatic rings. The molecule has 0 aromatic heterocycles. The van der Waals surface area contributed by atoms with E-state index in [1.54, 1.807) is 12.1 Å². The lowest BCUT2D eigenvalue weighted by atomic mass is 9.97. The molecular formula is C20H16N2O2. The Morgan fingerprint density at radius 3 is 2.25 bits per heavy atom. The molecule has 0 unspecified atom stereocenters. The van der Waals surface area contributed by atoms with Gasteiger partial charge in [-0.1, -0.05) is 42.5 Å². The van der Waals surface area contributed by atoms with Crippen molar-refractivity contribution in [3.63, 3.8) is 0 Å². The summed E-state index contributed by atoms with van der Waals surface area (Å²) in [6.45, 7) is 1.90. The zero-order chi connectivity index (χ0) is 16.9. The summed E-state index contributed by atoms with van der Waals surface area (Å²) in [6.07, 6.45) is 0. The number of carboxylic acids is 1. The highest BCUT2D eigenvalue weighted by Gasteiger charge is 2.10. The highest BCUT2D eigenvalue weighted by molar-refractivity contribution is 5.89. The van der Waals surface area contributed by atoms with Crippen molar-refractivity contribution in [3.8, 4) is 11.1 Å². The summed E-state index contributed by atoms with van der Waals surface area (Å²) in [5, 5.41) is 17.7. The number of hydrogen-bond donors (Lipinski definition) is 1. The molecule has 0 aliphatic heterocycles. The van der Waals surface area contributed by atoms with Crippen molar-refractivity contribution in [1.29, 1.82) is 0 Å². The second-order valence-corrected chi connectivity index (χ2v) is 5.39. The topological polar surface area (TPSA) is 62.0 Å². The largest absolute Gasteiger partial charge is 0.478 e. The highest BCUT2D eigenvalue weighted by atomic mass is 16.4. The Bertz CT molecular complexity index is 903. The van der Waals surface area contributed by atoms with E-state index in [-0.39, 0.29) is 5.56 Å². The molecule has 0 saturated heterocycles. The molecule has 118 valence electrons. The molecule has 4 heteroatoms. The quantitative estimate of drug-likeness (QED) is 0.620. The third kappa shape index (κ3) is 3.38. The van der Waals surface area contributed by atoms with Gasteiger partial charge in [-0.2, -0.15) is 5.11 Å². The van der Waals surface area contributed by atoms with Crippen molar-refractivity contribution in [2.75, 3.05) is 0 Å². The van der Waals surface area contributed by atoms with Gasteiger partial charge in [0.15, 0.2) is 0 Å². The summed E-state index contributed by atoms with van der Waals surface area (Å²) < 4.78 is 0. The summed E-state index contributed by atoms with van der Waals surface area (Å²) in [6, 6.07) is 22.3. The van der Waals surface area contributed by atoms with Crippen LogP contribution in [0.25, 0.3) is 11.1 Å². The predicted molar refractivity (Wildman–Crippen MR) is 94.2 cm³/mol. The van der Waals surface area contributed by atoms with Crippen molar-refractivity contribution in [2.45, 2.75) is 6.92 Å². The zero-order valence-corrected chi connectivity index (χ0v) is 13.2. The molecule has 3 aromatic carbocycles. The standard InChI is InChI=1S/C20H16N2O2/c1-14-13-15(20(23)24)11-12-17(14)18-9-5-6-10-19(18)22-21-16-7-3-2-4-8-16/h2-13H,1H3,(H,23,24). The molecule has 0 aliphatic carbocycles. The van der Waals surface area contributed by atoms with Gasteiger partial charge in [-0.15, -0.1) is 5.11 Å². The molecule has 0 aliphatic rings. The lowest BCUT2D eigenvalue weighted by molar-refractivity contribution is 0.0697. The maximum Gasteiger partial charge on any atom is 0.335 e. The number of aryl methyl sites for hydroxylation is 1. The molecule has 0 atom stereocenters. The van der Waals surface area contributed by atoms with E-state index in [0.29, 0.717) is 0 Å². The van der Waals surface area contributed by atoms with Gasteiger partial charge in [0.05, 0.1) is 16.9 Å². The van der Waals surface area contributed by atoms with Crippen LogP contribution in [0.2, 0.25) is 0 Å². The molecular weight excluding hydrogens is 300 g/mol. The van der Waals surface area contributed by atoms with E-state index < -0.39 is 5.97 Å². The summed E-state index contributed by atoms with van der Waals surface area (Å²) >= 11 is 0. The average molecular weight is 316 g/mol. The maximum atomic E-state index is 11.1. The fraction of sp³-hybridized carbons (Fsp3) is 0.0500. The molecule has 24 heavy (non-hydrogen) atoms. The van der Waals surface area contributed by atoms with E-state index in [1.165, 1.54) is 0 Å². The highest BCUT2D eigenvalue weighted by Crippen LogP contribution is 2.33. The first-order valence-corrected chi connectivity index (χ1v) is 7.55. The molecule has 0 bridgehead atoms. The molecule has 3 rings (SSSR count). The Morgan fingerprint density at radius 2 is 1.54 bits per heavy atom. The molecule has 1 N–H and O–H groups in total. The summed E-state index contributed by atoms with van der Waals surface area (Å²) in [4.78, 5) is 11.1. The SMILES string of the molecule is Cc1cc(C(=O)O)ccc1-c1ccccc1N=Nc1ccccc1. The Morgan fingerprint density at radius 1 is 0.833 bits per heavy atom. The van der Waals surface area contributed by atoms with E-state index in [2.05, 4.69) is 10.2 Å². The van der Waals surface area contributed by atoms with Gasteiger partial charge in [-0.05, 0) is 48.4 Å². The lowest BCUT2D eigenvalue weighted by Gasteiger charge is -2.09. The molecule has 0 amide bonds. The minimum absolute atomic E-state index is 0.277. The first-order valence-electron chi connectivity index (χ1n) is 7.55. The lowest BCUT2D eigenvalue weighted by Crippen LogP contribution is -1.97. The van der Waals surface area contributed by atoms with Crippen molar-refractivity contribution < 1.29 is 9.90 Å². The van der Waals surface area contributed by atoms with Gasteiger partial charge in [0.2, 0.25) is 0 Å². The second kappa shape index (κ2) is 6.87. The second-order valence-electron chi connectivity index (χ2n) is 5.39. The number of rotatable bonds is 4. The van der Waals surface area contributed by atoms with Crippen LogP contribution in [0, 0.1) is 6.92 Å². The van der Waals surface area contributed by atoms with Gasteiger partial charge < -0.3 is 5.11 Å². The molecule has 4 nitrogen and oxygen atoms in total. The van der Waals surface area contributed by atoms with Crippen LogP contribution >= 0.6 is 0 Å². The summed E-state index contributed by atoms with van der Waals surface area (Å²) in [7, 11) is 0. The predicted octanol–water partition coefficient (Wildman–Crippen LogP) is 5.78. The van der Waals surface area contributed by atoms with Crippen LogP contribution in [0.1, 0.15) is 15.9 Å². The number of aromatic carboxylic acids is 1. The zero-order valence-electron chi connectivity index (χ0n) is 13.2. The Labute approximate surface area is 140 Å². The summed E-state index contributed by atoms with van der Waals surface area (Å²) in [5.74, 6) is -0.929. The third-order valence-corrected chi connectivity index (χ3v) is 3.70. The molecule has 0 radical (unpaired) electrons. The monoisotopic (exact) mass is 316 g/mol. The van der Waals surface area contributed by atoms with Crippen LogP contribution in [0.5, 0.6) is 0 Å². The Kier molecular flexibility index (Phi) is 4.47. The van der Waals surface area contributed by atoms with E-state index in [4.69, 9.17) is 5.11 Å². The van der Waals surface area contributed by atoms with E-state index in [9.17, 15) is 4.79 Å². The first kappa shape index (κ1) is 15.6. The van der Waals surface area contributed by atoms with Crippen molar-refractivity contribution in [3.05, 3.63) is 83.9 Å².